The number of nitrogens with zero attached hydrogens (tertiary/aromatic N) is 2. The van der Waals surface area contributed by atoms with Crippen molar-refractivity contribution in [2.45, 2.75) is 38.8 Å². The third kappa shape index (κ3) is 4.23. The van der Waals surface area contributed by atoms with Crippen LogP contribution in [0.5, 0.6) is 0 Å². The number of likely N-dealkylation sites (N-methyl/N-ethyl adjacent to an activating group) is 1. The Hall–Kier alpha value is -0.650. The summed E-state index contributed by atoms with van der Waals surface area (Å²) in [5.74, 6) is -0.300. The maximum Gasteiger partial charge on any atom is 0.325 e. The van der Waals surface area contributed by atoms with Crippen molar-refractivity contribution < 1.29 is 9.53 Å². The molecule has 2 N–H and O–H groups in total. The van der Waals surface area contributed by atoms with Crippen LogP contribution in [0.2, 0.25) is 0 Å². The van der Waals surface area contributed by atoms with E-state index in [4.69, 9.17) is 10.5 Å². The fourth-order valence-corrected chi connectivity index (χ4v) is 2.38. The number of hydrogen-bond donors (Lipinski definition) is 1. The van der Waals surface area contributed by atoms with Gasteiger partial charge < -0.3 is 15.4 Å². The van der Waals surface area contributed by atoms with Crippen molar-refractivity contribution in [2.75, 3.05) is 39.8 Å². The molecule has 1 aliphatic rings. The molecular weight excluding hydrogens is 230 g/mol. The van der Waals surface area contributed by atoms with E-state index in [-0.39, 0.29) is 5.97 Å². The monoisotopic (exact) mass is 257 g/mol. The summed E-state index contributed by atoms with van der Waals surface area (Å²) in [6, 6.07) is 0.304. The Morgan fingerprint density at radius 2 is 1.94 bits per heavy atom. The van der Waals surface area contributed by atoms with Crippen molar-refractivity contribution in [3.63, 3.8) is 0 Å². The van der Waals surface area contributed by atoms with Crippen LogP contribution in [-0.4, -0.2) is 67.2 Å². The predicted molar refractivity (Wildman–Crippen MR) is 72.4 cm³/mol. The van der Waals surface area contributed by atoms with E-state index in [9.17, 15) is 4.79 Å². The third-order valence-electron chi connectivity index (χ3n) is 3.62. The first-order valence-electron chi connectivity index (χ1n) is 6.75. The SMILES string of the molecule is CCOC(=O)C(C)(N)CC(C)N1CCN(C)CC1. The highest BCUT2D eigenvalue weighted by atomic mass is 16.5. The van der Waals surface area contributed by atoms with Gasteiger partial charge in [-0.05, 0) is 34.2 Å². The number of hydrogen-bond acceptors (Lipinski definition) is 5. The van der Waals surface area contributed by atoms with Crippen LogP contribution in [0.15, 0.2) is 0 Å². The van der Waals surface area contributed by atoms with E-state index < -0.39 is 5.54 Å². The van der Waals surface area contributed by atoms with E-state index in [1.807, 2.05) is 0 Å². The Morgan fingerprint density at radius 1 is 1.39 bits per heavy atom. The molecule has 2 unspecified atom stereocenters. The minimum atomic E-state index is -0.890. The number of piperazine rings is 1. The fraction of sp³-hybridized carbons (Fsp3) is 0.923. The summed E-state index contributed by atoms with van der Waals surface area (Å²) >= 11 is 0. The number of nitrogens with two attached hydrogens (primary N) is 1. The fourth-order valence-electron chi connectivity index (χ4n) is 2.38. The first-order chi connectivity index (χ1) is 8.36. The molecule has 1 aliphatic heterocycles. The molecular formula is C13H27N3O2. The molecule has 1 fully saturated rings. The van der Waals surface area contributed by atoms with Gasteiger partial charge in [0.25, 0.3) is 0 Å². The molecule has 0 spiro atoms. The molecule has 1 rings (SSSR count). The minimum Gasteiger partial charge on any atom is -0.465 e. The van der Waals surface area contributed by atoms with Gasteiger partial charge in [0, 0.05) is 32.2 Å². The summed E-state index contributed by atoms with van der Waals surface area (Å²) < 4.78 is 5.02. The molecule has 2 atom stereocenters. The largest absolute Gasteiger partial charge is 0.465 e. The summed E-state index contributed by atoms with van der Waals surface area (Å²) in [6.45, 7) is 10.3. The topological polar surface area (TPSA) is 58.8 Å². The van der Waals surface area contributed by atoms with Gasteiger partial charge >= 0.3 is 5.97 Å². The number of carbonyl (C=O) groups excluding carboxylic acids is 1. The molecule has 0 aliphatic carbocycles. The number of rotatable bonds is 5. The second kappa shape index (κ2) is 6.50. The van der Waals surface area contributed by atoms with E-state index in [1.54, 1.807) is 13.8 Å². The van der Waals surface area contributed by atoms with Crippen LogP contribution in [0.1, 0.15) is 27.2 Å². The van der Waals surface area contributed by atoms with Gasteiger partial charge in [0.15, 0.2) is 0 Å². The molecule has 5 heteroatoms. The van der Waals surface area contributed by atoms with Crippen molar-refractivity contribution in [1.29, 1.82) is 0 Å². The zero-order valence-corrected chi connectivity index (χ0v) is 12.1. The Labute approximate surface area is 110 Å². The maximum absolute atomic E-state index is 11.8. The molecule has 0 aromatic rings. The Kier molecular flexibility index (Phi) is 5.56. The standard InChI is InChI=1S/C13H27N3O2/c1-5-18-12(17)13(3,14)10-11(2)16-8-6-15(4)7-9-16/h11H,5-10,14H2,1-4H3. The van der Waals surface area contributed by atoms with Crippen LogP contribution in [0.4, 0.5) is 0 Å². The number of ether oxygens (including phenoxy) is 1. The summed E-state index contributed by atoms with van der Waals surface area (Å²) in [6.07, 6.45) is 0.634. The van der Waals surface area contributed by atoms with Gasteiger partial charge in [0.1, 0.15) is 5.54 Å². The van der Waals surface area contributed by atoms with Gasteiger partial charge in [-0.1, -0.05) is 0 Å². The molecule has 1 heterocycles. The van der Waals surface area contributed by atoms with E-state index >= 15 is 0 Å². The van der Waals surface area contributed by atoms with Crippen LogP contribution in [0, 0.1) is 0 Å². The van der Waals surface area contributed by atoms with Crippen molar-refractivity contribution in [1.82, 2.24) is 9.80 Å². The maximum atomic E-state index is 11.8. The molecule has 0 saturated carbocycles. The van der Waals surface area contributed by atoms with Gasteiger partial charge in [-0.15, -0.1) is 0 Å². The molecule has 1 saturated heterocycles. The normalized spacial score (nSPS) is 23.4. The summed E-state index contributed by atoms with van der Waals surface area (Å²) in [5.41, 5.74) is 5.18. The van der Waals surface area contributed by atoms with Crippen LogP contribution < -0.4 is 5.73 Å². The highest BCUT2D eigenvalue weighted by Gasteiger charge is 2.34. The molecule has 106 valence electrons. The smallest absolute Gasteiger partial charge is 0.325 e. The predicted octanol–water partition coefficient (Wildman–Crippen LogP) is 0.293. The number of carbonyl (C=O) groups is 1. The van der Waals surface area contributed by atoms with Crippen LogP contribution in [-0.2, 0) is 9.53 Å². The van der Waals surface area contributed by atoms with Crippen LogP contribution in [0.3, 0.4) is 0 Å². The van der Waals surface area contributed by atoms with Gasteiger partial charge in [0.05, 0.1) is 6.61 Å². The van der Waals surface area contributed by atoms with Gasteiger partial charge in [0.2, 0.25) is 0 Å². The second-order valence-corrected chi connectivity index (χ2v) is 5.53. The molecule has 0 bridgehead atoms. The molecule has 0 radical (unpaired) electrons. The van der Waals surface area contributed by atoms with E-state index in [0.29, 0.717) is 19.1 Å². The lowest BCUT2D eigenvalue weighted by Crippen LogP contribution is -2.54. The zero-order valence-electron chi connectivity index (χ0n) is 12.1. The summed E-state index contributed by atoms with van der Waals surface area (Å²) in [4.78, 5) is 16.5. The van der Waals surface area contributed by atoms with Crippen molar-refractivity contribution in [3.05, 3.63) is 0 Å². The molecule has 0 aromatic heterocycles. The zero-order chi connectivity index (χ0) is 13.8. The molecule has 18 heavy (non-hydrogen) atoms. The Balaban J connectivity index is 2.47. The Bertz CT molecular complexity index is 273. The lowest BCUT2D eigenvalue weighted by molar-refractivity contribution is -0.149. The van der Waals surface area contributed by atoms with E-state index in [1.165, 1.54) is 0 Å². The van der Waals surface area contributed by atoms with E-state index in [0.717, 1.165) is 26.2 Å². The van der Waals surface area contributed by atoms with Gasteiger partial charge in [-0.2, -0.15) is 0 Å². The Morgan fingerprint density at radius 3 is 2.44 bits per heavy atom. The molecule has 0 amide bonds. The molecule has 5 nitrogen and oxygen atoms in total. The van der Waals surface area contributed by atoms with Gasteiger partial charge in [-0.25, -0.2) is 0 Å². The van der Waals surface area contributed by atoms with Crippen LogP contribution in [0.25, 0.3) is 0 Å². The lowest BCUT2D eigenvalue weighted by Gasteiger charge is -2.38. The highest BCUT2D eigenvalue weighted by Crippen LogP contribution is 2.17. The quantitative estimate of drug-likeness (QED) is 0.718. The summed E-state index contributed by atoms with van der Waals surface area (Å²) in [7, 11) is 2.13. The van der Waals surface area contributed by atoms with Crippen molar-refractivity contribution in [3.8, 4) is 0 Å². The van der Waals surface area contributed by atoms with Crippen molar-refractivity contribution >= 4 is 5.97 Å². The first-order valence-corrected chi connectivity index (χ1v) is 6.75. The van der Waals surface area contributed by atoms with Crippen molar-refractivity contribution in [2.24, 2.45) is 5.73 Å². The number of esters is 1. The summed E-state index contributed by atoms with van der Waals surface area (Å²) in [5, 5.41) is 0. The minimum absolute atomic E-state index is 0.300. The second-order valence-electron chi connectivity index (χ2n) is 5.53. The van der Waals surface area contributed by atoms with Crippen LogP contribution >= 0.6 is 0 Å². The van der Waals surface area contributed by atoms with E-state index in [2.05, 4.69) is 23.8 Å². The molecule has 0 aromatic carbocycles. The average molecular weight is 257 g/mol. The average Bonchev–Trinajstić information content (AvgIpc) is 2.29. The third-order valence-corrected chi connectivity index (χ3v) is 3.62. The lowest BCUT2D eigenvalue weighted by atomic mass is 9.94. The first kappa shape index (κ1) is 15.4. The van der Waals surface area contributed by atoms with Gasteiger partial charge in [-0.3, -0.25) is 9.69 Å². The highest BCUT2D eigenvalue weighted by molar-refractivity contribution is 5.80.